The lowest BCUT2D eigenvalue weighted by molar-refractivity contribution is -0.125. The molecule has 9 atom stereocenters. The van der Waals surface area contributed by atoms with Crippen LogP contribution in [0.2, 0.25) is 0 Å². The first kappa shape index (κ1) is 16.1. The van der Waals surface area contributed by atoms with Crippen LogP contribution in [0.4, 0.5) is 0 Å². The summed E-state index contributed by atoms with van der Waals surface area (Å²) in [7, 11) is 0. The molecule has 0 amide bonds. The van der Waals surface area contributed by atoms with Crippen molar-refractivity contribution in [2.45, 2.75) is 77.7 Å². The van der Waals surface area contributed by atoms with Crippen LogP contribution >= 0.6 is 0 Å². The number of ketones is 1. The van der Waals surface area contributed by atoms with Crippen molar-refractivity contribution in [2.75, 3.05) is 0 Å². The molecule has 4 saturated carbocycles. The van der Waals surface area contributed by atoms with Gasteiger partial charge in [-0.3, -0.25) is 4.79 Å². The Morgan fingerprint density at radius 2 is 1.52 bits per heavy atom. The van der Waals surface area contributed by atoms with E-state index >= 15 is 0 Å². The fourth-order valence-electron chi connectivity index (χ4n) is 7.56. The van der Waals surface area contributed by atoms with Crippen molar-refractivity contribution < 1.29 is 9.90 Å². The molecule has 0 spiro atoms. The van der Waals surface area contributed by atoms with E-state index in [0.29, 0.717) is 17.6 Å². The van der Waals surface area contributed by atoms with Crippen molar-refractivity contribution in [1.29, 1.82) is 0 Å². The van der Waals surface area contributed by atoms with Crippen molar-refractivity contribution in [3.8, 4) is 0 Å². The van der Waals surface area contributed by atoms with Crippen LogP contribution in [0.25, 0.3) is 0 Å². The molecular formula is C21H34O2. The summed E-state index contributed by atoms with van der Waals surface area (Å²) >= 11 is 0. The van der Waals surface area contributed by atoms with Crippen LogP contribution in [0.1, 0.15) is 72.1 Å². The third kappa shape index (κ3) is 2.60. The van der Waals surface area contributed by atoms with Gasteiger partial charge >= 0.3 is 0 Å². The topological polar surface area (TPSA) is 37.3 Å². The van der Waals surface area contributed by atoms with E-state index in [-0.39, 0.29) is 0 Å². The Labute approximate surface area is 141 Å². The number of aliphatic hydroxyl groups is 1. The van der Waals surface area contributed by atoms with Gasteiger partial charge in [0.2, 0.25) is 0 Å². The summed E-state index contributed by atoms with van der Waals surface area (Å²) in [4.78, 5) is 12.0. The van der Waals surface area contributed by atoms with Crippen molar-refractivity contribution in [3.63, 3.8) is 0 Å². The average molecular weight is 319 g/mol. The summed E-state index contributed by atoms with van der Waals surface area (Å²) in [6.45, 7) is 6.31. The fraction of sp³-hybridized carbons (Fsp3) is 0.952. The van der Waals surface area contributed by atoms with Gasteiger partial charge in [-0.05, 0) is 107 Å². The van der Waals surface area contributed by atoms with Crippen LogP contribution in [-0.2, 0) is 4.79 Å². The Kier molecular flexibility index (Phi) is 3.91. The maximum Gasteiger partial charge on any atom is 0.133 e. The smallest absolute Gasteiger partial charge is 0.133 e. The van der Waals surface area contributed by atoms with Gasteiger partial charge in [-0.25, -0.2) is 0 Å². The van der Waals surface area contributed by atoms with E-state index in [1.54, 1.807) is 0 Å². The predicted molar refractivity (Wildman–Crippen MR) is 91.8 cm³/mol. The van der Waals surface area contributed by atoms with Gasteiger partial charge in [0, 0.05) is 5.92 Å². The Morgan fingerprint density at radius 1 is 0.913 bits per heavy atom. The van der Waals surface area contributed by atoms with Crippen molar-refractivity contribution >= 4 is 5.78 Å². The first-order valence-corrected chi connectivity index (χ1v) is 10.1. The van der Waals surface area contributed by atoms with Crippen LogP contribution in [0.15, 0.2) is 0 Å². The lowest BCUT2D eigenvalue weighted by Crippen LogP contribution is -2.50. The SMILES string of the molecule is CC(=O)[C@H]1CC[C@H]2[C@@H]3C[C@@H](C)[C@H]4C[C@](C)(O)CC[C@@H]4[C@H]3CC[C@@H]21. The second kappa shape index (κ2) is 5.58. The summed E-state index contributed by atoms with van der Waals surface area (Å²) in [6, 6.07) is 0. The number of Topliss-reactive ketones (excluding diaryl/α,β-unsaturated/α-hetero) is 1. The highest BCUT2D eigenvalue weighted by molar-refractivity contribution is 5.79. The number of hydrogen-bond donors (Lipinski definition) is 1. The molecule has 2 heteroatoms. The van der Waals surface area contributed by atoms with E-state index in [2.05, 4.69) is 6.92 Å². The average Bonchev–Trinajstić information content (AvgIpc) is 2.91. The van der Waals surface area contributed by atoms with Gasteiger partial charge in [0.25, 0.3) is 0 Å². The van der Waals surface area contributed by atoms with E-state index in [9.17, 15) is 9.90 Å². The van der Waals surface area contributed by atoms with Gasteiger partial charge in [-0.15, -0.1) is 0 Å². The minimum atomic E-state index is -0.424. The van der Waals surface area contributed by atoms with E-state index in [0.717, 1.165) is 54.8 Å². The second-order valence-electron chi connectivity index (χ2n) is 9.81. The number of fused-ring (bicyclic) bond motifs is 5. The van der Waals surface area contributed by atoms with Crippen molar-refractivity contribution in [1.82, 2.24) is 0 Å². The zero-order chi connectivity index (χ0) is 16.4. The maximum absolute atomic E-state index is 12.0. The van der Waals surface area contributed by atoms with Gasteiger partial charge in [-0.1, -0.05) is 6.92 Å². The van der Waals surface area contributed by atoms with E-state index in [1.165, 1.54) is 32.1 Å². The molecule has 4 aliphatic carbocycles. The summed E-state index contributed by atoms with van der Waals surface area (Å²) < 4.78 is 0. The predicted octanol–water partition coefficient (Wildman–Crippen LogP) is 4.45. The molecule has 23 heavy (non-hydrogen) atoms. The highest BCUT2D eigenvalue weighted by Crippen LogP contribution is 2.61. The standard InChI is InChI=1S/C21H34O2/c1-12-10-19-16-5-4-14(13(2)22)15(16)6-7-17(19)18-8-9-21(3,23)11-20(12)18/h12,14-20,23H,4-11H2,1-3H3/t12-,14-,15-,16-,17-,18-,19+,20-,21-/m1/s1. The second-order valence-corrected chi connectivity index (χ2v) is 9.81. The van der Waals surface area contributed by atoms with Crippen LogP contribution in [0.5, 0.6) is 0 Å². The number of carbonyl (C=O) groups is 1. The Bertz CT molecular complexity index is 482. The van der Waals surface area contributed by atoms with Crippen LogP contribution in [0.3, 0.4) is 0 Å². The van der Waals surface area contributed by atoms with E-state index in [1.807, 2.05) is 13.8 Å². The molecule has 4 fully saturated rings. The number of hydrogen-bond acceptors (Lipinski definition) is 2. The molecule has 1 N–H and O–H groups in total. The van der Waals surface area contributed by atoms with Gasteiger partial charge in [0.1, 0.15) is 5.78 Å². The molecule has 0 heterocycles. The van der Waals surface area contributed by atoms with E-state index in [4.69, 9.17) is 0 Å². The van der Waals surface area contributed by atoms with Crippen LogP contribution in [-0.4, -0.2) is 16.5 Å². The fourth-order valence-corrected chi connectivity index (χ4v) is 7.56. The summed E-state index contributed by atoms with van der Waals surface area (Å²) in [5.74, 6) is 6.45. The zero-order valence-corrected chi connectivity index (χ0v) is 15.1. The number of rotatable bonds is 1. The quantitative estimate of drug-likeness (QED) is 0.775. The largest absolute Gasteiger partial charge is 0.390 e. The lowest BCUT2D eigenvalue weighted by atomic mass is 9.50. The number of carbonyl (C=O) groups excluding carboxylic acids is 1. The molecule has 0 aromatic rings. The van der Waals surface area contributed by atoms with Gasteiger partial charge < -0.3 is 5.11 Å². The minimum Gasteiger partial charge on any atom is -0.390 e. The summed E-state index contributed by atoms with van der Waals surface area (Å²) in [5, 5.41) is 10.5. The molecular weight excluding hydrogens is 284 g/mol. The third-order valence-electron chi connectivity index (χ3n) is 8.50. The highest BCUT2D eigenvalue weighted by atomic mass is 16.3. The molecule has 0 aromatic heterocycles. The summed E-state index contributed by atoms with van der Waals surface area (Å²) in [5.41, 5.74) is -0.424. The molecule has 4 rings (SSSR count). The van der Waals surface area contributed by atoms with Gasteiger partial charge in [0.05, 0.1) is 5.60 Å². The van der Waals surface area contributed by atoms with Gasteiger partial charge in [0.15, 0.2) is 0 Å². The first-order valence-electron chi connectivity index (χ1n) is 10.1. The van der Waals surface area contributed by atoms with Crippen molar-refractivity contribution in [3.05, 3.63) is 0 Å². The first-order chi connectivity index (χ1) is 10.9. The van der Waals surface area contributed by atoms with Crippen LogP contribution in [0, 0.1) is 47.3 Å². The molecule has 0 aromatic carbocycles. The molecule has 4 aliphatic rings. The highest BCUT2D eigenvalue weighted by Gasteiger charge is 2.54. The Balaban J connectivity index is 1.55. The third-order valence-corrected chi connectivity index (χ3v) is 8.50. The lowest BCUT2D eigenvalue weighted by Gasteiger charge is -2.56. The van der Waals surface area contributed by atoms with Crippen LogP contribution < -0.4 is 0 Å². The summed E-state index contributed by atoms with van der Waals surface area (Å²) in [6.07, 6.45) is 9.71. The molecule has 0 radical (unpaired) electrons. The van der Waals surface area contributed by atoms with Gasteiger partial charge in [-0.2, -0.15) is 0 Å². The van der Waals surface area contributed by atoms with Crippen molar-refractivity contribution in [2.24, 2.45) is 47.3 Å². The monoisotopic (exact) mass is 318 g/mol. The molecule has 0 saturated heterocycles. The molecule has 130 valence electrons. The Morgan fingerprint density at radius 3 is 2.26 bits per heavy atom. The zero-order valence-electron chi connectivity index (χ0n) is 15.1. The van der Waals surface area contributed by atoms with E-state index < -0.39 is 5.60 Å². The normalized spacial score (nSPS) is 55.7. The maximum atomic E-state index is 12.0. The Hall–Kier alpha value is -0.370. The molecule has 0 unspecified atom stereocenters. The minimum absolute atomic E-state index is 0.376. The molecule has 0 bridgehead atoms. The molecule has 2 nitrogen and oxygen atoms in total. The molecule has 0 aliphatic heterocycles.